The summed E-state index contributed by atoms with van der Waals surface area (Å²) in [6, 6.07) is -4.48. The van der Waals surface area contributed by atoms with Gasteiger partial charge in [0.2, 0.25) is 23.6 Å². The number of rotatable bonds is 13. The summed E-state index contributed by atoms with van der Waals surface area (Å²) in [4.78, 5) is 59.7. The second-order valence-corrected chi connectivity index (χ2v) is 7.83. The van der Waals surface area contributed by atoms with Gasteiger partial charge in [0.15, 0.2) is 0 Å². The van der Waals surface area contributed by atoms with E-state index in [9.17, 15) is 24.0 Å². The van der Waals surface area contributed by atoms with Crippen LogP contribution in [0, 0.1) is 11.8 Å². The zero-order valence-electron chi connectivity index (χ0n) is 17.7. The van der Waals surface area contributed by atoms with Crippen LogP contribution in [-0.2, 0) is 24.0 Å². The number of carboxylic acids is 1. The van der Waals surface area contributed by atoms with Crippen LogP contribution in [0.1, 0.15) is 40.5 Å². The summed E-state index contributed by atoms with van der Waals surface area (Å²) in [7, 11) is 0. The van der Waals surface area contributed by atoms with Gasteiger partial charge in [0.25, 0.3) is 0 Å². The molecule has 12 heteroatoms. The molecule has 0 aliphatic heterocycles. The van der Waals surface area contributed by atoms with Crippen LogP contribution in [0.3, 0.4) is 0 Å². The first-order chi connectivity index (χ1) is 13.8. The first-order valence-corrected chi connectivity index (χ1v) is 10.3. The van der Waals surface area contributed by atoms with Crippen LogP contribution in [-0.4, -0.2) is 64.6 Å². The molecule has 0 aliphatic carbocycles. The Morgan fingerprint density at radius 3 is 1.83 bits per heavy atom. The van der Waals surface area contributed by atoms with Gasteiger partial charge in [-0.2, -0.15) is 12.6 Å². The van der Waals surface area contributed by atoms with Crippen molar-refractivity contribution in [1.29, 1.82) is 0 Å². The number of aliphatic carboxylic acids is 1. The SMILES string of the molecule is CCC(C)C(NC(=O)C(N)CC(N)=O)C(=O)NC(C(=O)NC(CS)C(=O)O)C(C)C. The molecule has 0 aromatic rings. The van der Waals surface area contributed by atoms with Crippen molar-refractivity contribution >= 4 is 42.2 Å². The van der Waals surface area contributed by atoms with Crippen LogP contribution >= 0.6 is 12.6 Å². The Kier molecular flexibility index (Phi) is 12.0. The molecule has 0 heterocycles. The third-order valence-electron chi connectivity index (χ3n) is 4.60. The predicted octanol–water partition coefficient (Wildman–Crippen LogP) is -1.64. The summed E-state index contributed by atoms with van der Waals surface area (Å²) in [5, 5.41) is 16.5. The lowest BCUT2D eigenvalue weighted by atomic mass is 9.96. The molecule has 0 rings (SSSR count). The highest BCUT2D eigenvalue weighted by molar-refractivity contribution is 7.80. The number of amides is 4. The van der Waals surface area contributed by atoms with Gasteiger partial charge >= 0.3 is 5.97 Å². The number of hydrogen-bond donors (Lipinski definition) is 7. The zero-order chi connectivity index (χ0) is 23.6. The second kappa shape index (κ2) is 13.1. The van der Waals surface area contributed by atoms with Gasteiger partial charge in [0.05, 0.1) is 12.5 Å². The molecular weight excluding hydrogens is 414 g/mol. The fourth-order valence-corrected chi connectivity index (χ4v) is 2.74. The van der Waals surface area contributed by atoms with E-state index in [1.165, 1.54) is 0 Å². The molecule has 0 aliphatic rings. The number of nitrogens with one attached hydrogen (secondary N) is 3. The molecular formula is C18H33N5O6S. The molecule has 0 saturated heterocycles. The van der Waals surface area contributed by atoms with Crippen LogP contribution in [0.4, 0.5) is 0 Å². The van der Waals surface area contributed by atoms with Crippen molar-refractivity contribution in [2.75, 3.05) is 5.75 Å². The second-order valence-electron chi connectivity index (χ2n) is 7.46. The van der Waals surface area contributed by atoms with Crippen molar-refractivity contribution in [2.24, 2.45) is 23.3 Å². The molecule has 5 atom stereocenters. The van der Waals surface area contributed by atoms with Crippen LogP contribution in [0.25, 0.3) is 0 Å². The van der Waals surface area contributed by atoms with E-state index in [0.717, 1.165) is 0 Å². The standard InChI is InChI=1S/C18H33N5O6S/c1-5-9(4)14(23-15(25)10(19)6-12(20)24)17(27)22-13(8(2)3)16(26)21-11(7-30)18(28)29/h8-11,13-14,30H,5-7,19H2,1-4H3,(H2,20,24)(H,21,26)(H,22,27)(H,23,25)(H,28,29). The molecule has 0 spiro atoms. The lowest BCUT2D eigenvalue weighted by Gasteiger charge is -2.29. The number of carbonyl (C=O) groups excluding carboxylic acids is 4. The minimum absolute atomic E-state index is 0.122. The Morgan fingerprint density at radius 1 is 0.933 bits per heavy atom. The van der Waals surface area contributed by atoms with Crippen LogP contribution in [0.15, 0.2) is 0 Å². The zero-order valence-corrected chi connectivity index (χ0v) is 18.6. The third-order valence-corrected chi connectivity index (χ3v) is 4.96. The Bertz CT molecular complexity index is 645. The van der Waals surface area contributed by atoms with E-state index in [-0.39, 0.29) is 24.0 Å². The number of primary amides is 1. The summed E-state index contributed by atoms with van der Waals surface area (Å²) in [6.07, 6.45) is 0.153. The summed E-state index contributed by atoms with van der Waals surface area (Å²) in [5.74, 6) is -4.83. The molecule has 0 saturated carbocycles. The van der Waals surface area contributed by atoms with E-state index >= 15 is 0 Å². The van der Waals surface area contributed by atoms with Gasteiger partial charge in [-0.1, -0.05) is 34.1 Å². The van der Waals surface area contributed by atoms with E-state index in [0.29, 0.717) is 6.42 Å². The monoisotopic (exact) mass is 447 g/mol. The molecule has 5 unspecified atom stereocenters. The molecule has 30 heavy (non-hydrogen) atoms. The van der Waals surface area contributed by atoms with Gasteiger partial charge in [-0.15, -0.1) is 0 Å². The lowest BCUT2D eigenvalue weighted by molar-refractivity contribution is -0.142. The molecule has 0 radical (unpaired) electrons. The van der Waals surface area contributed by atoms with Crippen LogP contribution in [0.5, 0.6) is 0 Å². The van der Waals surface area contributed by atoms with E-state index in [2.05, 4.69) is 28.6 Å². The van der Waals surface area contributed by atoms with E-state index in [1.54, 1.807) is 20.8 Å². The van der Waals surface area contributed by atoms with E-state index < -0.39 is 53.8 Å². The maximum Gasteiger partial charge on any atom is 0.327 e. The minimum atomic E-state index is -1.25. The average molecular weight is 448 g/mol. The molecule has 172 valence electrons. The van der Waals surface area contributed by atoms with Gasteiger partial charge in [0, 0.05) is 5.75 Å². The van der Waals surface area contributed by atoms with Gasteiger partial charge < -0.3 is 32.5 Å². The van der Waals surface area contributed by atoms with Crippen LogP contribution < -0.4 is 27.4 Å². The maximum atomic E-state index is 12.9. The first kappa shape index (κ1) is 27.7. The Balaban J connectivity index is 5.41. The minimum Gasteiger partial charge on any atom is -0.480 e. The number of hydrogen-bond acceptors (Lipinski definition) is 7. The molecule has 4 amide bonds. The number of carboxylic acid groups (broad SMARTS) is 1. The third kappa shape index (κ3) is 8.99. The molecule has 11 nitrogen and oxygen atoms in total. The van der Waals surface area contributed by atoms with Crippen molar-refractivity contribution in [3.05, 3.63) is 0 Å². The molecule has 0 aromatic heterocycles. The molecule has 0 fully saturated rings. The number of thiol groups is 1. The van der Waals surface area contributed by atoms with E-state index in [1.807, 2.05) is 6.92 Å². The maximum absolute atomic E-state index is 12.9. The summed E-state index contributed by atoms with van der Waals surface area (Å²) in [6.45, 7) is 6.91. The fraction of sp³-hybridized carbons (Fsp3) is 0.722. The summed E-state index contributed by atoms with van der Waals surface area (Å²) < 4.78 is 0. The average Bonchev–Trinajstić information content (AvgIpc) is 2.65. The van der Waals surface area contributed by atoms with Crippen molar-refractivity contribution in [3.63, 3.8) is 0 Å². The van der Waals surface area contributed by atoms with E-state index in [4.69, 9.17) is 16.6 Å². The predicted molar refractivity (Wildman–Crippen MR) is 113 cm³/mol. The Labute approximate surface area is 181 Å². The summed E-state index contributed by atoms with van der Waals surface area (Å²) in [5.41, 5.74) is 10.7. The van der Waals surface area contributed by atoms with Crippen molar-refractivity contribution in [3.8, 4) is 0 Å². The van der Waals surface area contributed by atoms with Gasteiger partial charge in [-0.05, 0) is 11.8 Å². The summed E-state index contributed by atoms with van der Waals surface area (Å²) >= 11 is 3.90. The normalized spacial score (nSPS) is 16.0. The van der Waals surface area contributed by atoms with Crippen molar-refractivity contribution in [1.82, 2.24) is 16.0 Å². The van der Waals surface area contributed by atoms with Crippen molar-refractivity contribution in [2.45, 2.75) is 64.7 Å². The highest BCUT2D eigenvalue weighted by Crippen LogP contribution is 2.11. The Hall–Kier alpha value is -2.34. The van der Waals surface area contributed by atoms with Gasteiger partial charge in [-0.3, -0.25) is 19.2 Å². The Morgan fingerprint density at radius 2 is 1.43 bits per heavy atom. The van der Waals surface area contributed by atoms with Gasteiger partial charge in [0.1, 0.15) is 18.1 Å². The molecule has 8 N–H and O–H groups in total. The number of nitrogens with two attached hydrogens (primary N) is 2. The quantitative estimate of drug-likeness (QED) is 0.164. The highest BCUT2D eigenvalue weighted by atomic mass is 32.1. The highest BCUT2D eigenvalue weighted by Gasteiger charge is 2.33. The number of carbonyl (C=O) groups is 5. The topological polar surface area (TPSA) is 194 Å². The van der Waals surface area contributed by atoms with Crippen molar-refractivity contribution < 1.29 is 29.1 Å². The molecule has 0 bridgehead atoms. The first-order valence-electron chi connectivity index (χ1n) is 9.64. The lowest BCUT2D eigenvalue weighted by Crippen LogP contribution is -2.60. The smallest absolute Gasteiger partial charge is 0.327 e. The largest absolute Gasteiger partial charge is 0.480 e. The molecule has 0 aromatic carbocycles. The van der Waals surface area contributed by atoms with Crippen LogP contribution in [0.2, 0.25) is 0 Å². The van der Waals surface area contributed by atoms with Gasteiger partial charge in [-0.25, -0.2) is 4.79 Å². The fourth-order valence-electron chi connectivity index (χ4n) is 2.50.